The van der Waals surface area contributed by atoms with Gasteiger partial charge in [0.05, 0.1) is 19.3 Å². The summed E-state index contributed by atoms with van der Waals surface area (Å²) in [6.07, 6.45) is -0.0392. The molecule has 0 aliphatic carbocycles. The number of rotatable bonds is 3. The van der Waals surface area contributed by atoms with E-state index in [1.807, 2.05) is 6.92 Å². The highest BCUT2D eigenvalue weighted by atomic mass is 79.9. The summed E-state index contributed by atoms with van der Waals surface area (Å²) >= 11 is 3.37. The average molecular weight is 346 g/mol. The molecule has 2 unspecified atom stereocenters. The predicted octanol–water partition coefficient (Wildman–Crippen LogP) is 2.46. The Kier molecular flexibility index (Phi) is 4.99. The summed E-state index contributed by atoms with van der Waals surface area (Å²) in [7, 11) is 1.38. The molecule has 1 amide bonds. The standard InChI is InChI=1S/C14H17BrFNO3/c1-9-7-17(8-11(6-15)20-9)14(18)10-3-4-12(16)13(5-10)19-2/h3-5,9,11H,6-8H2,1-2H3. The van der Waals surface area contributed by atoms with E-state index in [0.29, 0.717) is 24.0 Å². The van der Waals surface area contributed by atoms with E-state index in [2.05, 4.69) is 15.9 Å². The number of carbonyl (C=O) groups is 1. The van der Waals surface area contributed by atoms with Crippen LogP contribution < -0.4 is 4.74 Å². The largest absolute Gasteiger partial charge is 0.494 e. The fourth-order valence-electron chi connectivity index (χ4n) is 2.27. The molecule has 1 heterocycles. The van der Waals surface area contributed by atoms with E-state index < -0.39 is 5.82 Å². The van der Waals surface area contributed by atoms with Crippen LogP contribution in [0.2, 0.25) is 0 Å². The van der Waals surface area contributed by atoms with Gasteiger partial charge in [-0.25, -0.2) is 4.39 Å². The summed E-state index contributed by atoms with van der Waals surface area (Å²) in [5.74, 6) is -0.531. The minimum absolute atomic E-state index is 0.0161. The normalized spacial score (nSPS) is 22.7. The van der Waals surface area contributed by atoms with Crippen LogP contribution in [0.5, 0.6) is 5.75 Å². The zero-order valence-corrected chi connectivity index (χ0v) is 13.0. The first-order valence-corrected chi connectivity index (χ1v) is 7.51. The zero-order chi connectivity index (χ0) is 14.7. The van der Waals surface area contributed by atoms with Crippen molar-refractivity contribution in [1.82, 2.24) is 4.90 Å². The van der Waals surface area contributed by atoms with Crippen LogP contribution in [-0.2, 0) is 4.74 Å². The van der Waals surface area contributed by atoms with Crippen molar-refractivity contribution in [2.45, 2.75) is 19.1 Å². The van der Waals surface area contributed by atoms with Gasteiger partial charge in [-0.2, -0.15) is 0 Å². The van der Waals surface area contributed by atoms with E-state index in [0.717, 1.165) is 0 Å². The molecule has 6 heteroatoms. The summed E-state index contributed by atoms with van der Waals surface area (Å²) in [6.45, 7) is 2.98. The van der Waals surface area contributed by atoms with Gasteiger partial charge in [0.15, 0.2) is 11.6 Å². The van der Waals surface area contributed by atoms with Crippen LogP contribution in [-0.4, -0.2) is 48.5 Å². The Labute approximate surface area is 126 Å². The Bertz CT molecular complexity index is 497. The van der Waals surface area contributed by atoms with Gasteiger partial charge in [-0.15, -0.1) is 0 Å². The maximum atomic E-state index is 13.4. The number of benzene rings is 1. The number of halogens is 2. The van der Waals surface area contributed by atoms with Crippen LogP contribution >= 0.6 is 15.9 Å². The fraction of sp³-hybridized carbons (Fsp3) is 0.500. The van der Waals surface area contributed by atoms with E-state index in [1.54, 1.807) is 4.90 Å². The lowest BCUT2D eigenvalue weighted by Gasteiger charge is -2.36. The molecule has 0 N–H and O–H groups in total. The van der Waals surface area contributed by atoms with Crippen molar-refractivity contribution in [3.63, 3.8) is 0 Å². The van der Waals surface area contributed by atoms with Gasteiger partial charge in [-0.1, -0.05) is 15.9 Å². The monoisotopic (exact) mass is 345 g/mol. The molecule has 1 aromatic rings. The average Bonchev–Trinajstić information content (AvgIpc) is 2.46. The van der Waals surface area contributed by atoms with E-state index in [9.17, 15) is 9.18 Å². The molecule has 1 fully saturated rings. The number of hydrogen-bond acceptors (Lipinski definition) is 3. The van der Waals surface area contributed by atoms with Gasteiger partial charge in [0.1, 0.15) is 0 Å². The highest BCUT2D eigenvalue weighted by molar-refractivity contribution is 9.09. The minimum atomic E-state index is -0.474. The summed E-state index contributed by atoms with van der Waals surface area (Å²) in [5, 5.41) is 0.674. The first-order valence-electron chi connectivity index (χ1n) is 6.39. The summed E-state index contributed by atoms with van der Waals surface area (Å²) in [5.41, 5.74) is 0.422. The maximum absolute atomic E-state index is 13.4. The number of alkyl halides is 1. The Hall–Kier alpha value is -1.14. The molecule has 0 spiro atoms. The van der Waals surface area contributed by atoms with Crippen molar-refractivity contribution in [3.8, 4) is 5.75 Å². The van der Waals surface area contributed by atoms with Crippen molar-refractivity contribution < 1.29 is 18.7 Å². The number of methoxy groups -OCH3 is 1. The highest BCUT2D eigenvalue weighted by Gasteiger charge is 2.28. The molecular weight excluding hydrogens is 329 g/mol. The Morgan fingerprint density at radius 2 is 2.30 bits per heavy atom. The summed E-state index contributed by atoms with van der Waals surface area (Å²) in [4.78, 5) is 14.2. The summed E-state index contributed by atoms with van der Waals surface area (Å²) < 4.78 is 24.0. The van der Waals surface area contributed by atoms with Gasteiger partial charge < -0.3 is 14.4 Å². The second-order valence-electron chi connectivity index (χ2n) is 4.78. The Morgan fingerprint density at radius 3 is 2.95 bits per heavy atom. The van der Waals surface area contributed by atoms with Crippen molar-refractivity contribution in [1.29, 1.82) is 0 Å². The number of amides is 1. The number of morpholine rings is 1. The molecule has 4 nitrogen and oxygen atoms in total. The topological polar surface area (TPSA) is 38.8 Å². The molecule has 20 heavy (non-hydrogen) atoms. The molecule has 0 aromatic heterocycles. The number of carbonyl (C=O) groups excluding carboxylic acids is 1. The van der Waals surface area contributed by atoms with Crippen LogP contribution in [0, 0.1) is 5.82 Å². The van der Waals surface area contributed by atoms with Crippen molar-refractivity contribution >= 4 is 21.8 Å². The van der Waals surface area contributed by atoms with E-state index >= 15 is 0 Å². The highest BCUT2D eigenvalue weighted by Crippen LogP contribution is 2.21. The van der Waals surface area contributed by atoms with Crippen LogP contribution in [0.25, 0.3) is 0 Å². The fourth-order valence-corrected chi connectivity index (χ4v) is 2.63. The van der Waals surface area contributed by atoms with E-state index in [4.69, 9.17) is 9.47 Å². The predicted molar refractivity (Wildman–Crippen MR) is 77.0 cm³/mol. The molecule has 1 aliphatic heterocycles. The van der Waals surface area contributed by atoms with Crippen molar-refractivity contribution in [3.05, 3.63) is 29.6 Å². The molecule has 2 atom stereocenters. The van der Waals surface area contributed by atoms with Gasteiger partial charge in [0, 0.05) is 24.0 Å². The quantitative estimate of drug-likeness (QED) is 0.790. The zero-order valence-electron chi connectivity index (χ0n) is 11.4. The molecule has 0 radical (unpaired) electrons. The van der Waals surface area contributed by atoms with E-state index in [1.165, 1.54) is 25.3 Å². The second kappa shape index (κ2) is 6.54. The molecule has 0 saturated carbocycles. The third kappa shape index (κ3) is 3.30. The summed E-state index contributed by atoms with van der Waals surface area (Å²) in [6, 6.07) is 4.16. The van der Waals surface area contributed by atoms with Crippen LogP contribution in [0.3, 0.4) is 0 Å². The number of ether oxygens (including phenoxy) is 2. The molecule has 0 bridgehead atoms. The lowest BCUT2D eigenvalue weighted by Crippen LogP contribution is -2.49. The molecular formula is C14H17BrFNO3. The Balaban J connectivity index is 2.18. The maximum Gasteiger partial charge on any atom is 0.254 e. The third-order valence-electron chi connectivity index (χ3n) is 3.18. The second-order valence-corrected chi connectivity index (χ2v) is 5.43. The first kappa shape index (κ1) is 15.3. The van der Waals surface area contributed by atoms with Crippen LogP contribution in [0.15, 0.2) is 18.2 Å². The van der Waals surface area contributed by atoms with Gasteiger partial charge in [0.25, 0.3) is 5.91 Å². The van der Waals surface area contributed by atoms with Gasteiger partial charge >= 0.3 is 0 Å². The van der Waals surface area contributed by atoms with Gasteiger partial charge in [-0.3, -0.25) is 4.79 Å². The lowest BCUT2D eigenvalue weighted by molar-refractivity contribution is -0.0559. The minimum Gasteiger partial charge on any atom is -0.494 e. The third-order valence-corrected chi connectivity index (χ3v) is 3.91. The van der Waals surface area contributed by atoms with Crippen molar-refractivity contribution in [2.75, 3.05) is 25.5 Å². The number of nitrogens with zero attached hydrogens (tertiary/aromatic N) is 1. The van der Waals surface area contributed by atoms with Crippen LogP contribution in [0.4, 0.5) is 4.39 Å². The first-order chi connectivity index (χ1) is 9.55. The SMILES string of the molecule is COc1cc(C(=O)N2CC(C)OC(CBr)C2)ccc1F. The molecule has 1 aromatic carbocycles. The van der Waals surface area contributed by atoms with Gasteiger partial charge in [0.2, 0.25) is 0 Å². The van der Waals surface area contributed by atoms with Crippen LogP contribution in [0.1, 0.15) is 17.3 Å². The van der Waals surface area contributed by atoms with E-state index in [-0.39, 0.29) is 23.9 Å². The smallest absolute Gasteiger partial charge is 0.254 e. The van der Waals surface area contributed by atoms with Gasteiger partial charge in [-0.05, 0) is 25.1 Å². The Morgan fingerprint density at radius 1 is 1.55 bits per heavy atom. The molecule has 2 rings (SSSR count). The molecule has 1 saturated heterocycles. The molecule has 1 aliphatic rings. The van der Waals surface area contributed by atoms with Crippen molar-refractivity contribution in [2.24, 2.45) is 0 Å². The lowest BCUT2D eigenvalue weighted by atomic mass is 10.1. The number of hydrogen-bond donors (Lipinski definition) is 0. The molecule has 110 valence electrons.